The predicted molar refractivity (Wildman–Crippen MR) is 68.3 cm³/mol. The summed E-state index contributed by atoms with van der Waals surface area (Å²) in [5.74, 6) is 0.204. The lowest BCUT2D eigenvalue weighted by molar-refractivity contribution is 0.273. The molecule has 1 aromatic rings. The van der Waals surface area contributed by atoms with Gasteiger partial charge in [0.05, 0.1) is 0 Å². The highest BCUT2D eigenvalue weighted by Gasteiger charge is 2.17. The number of rotatable bonds is 2. The zero-order valence-electron chi connectivity index (χ0n) is 9.84. The van der Waals surface area contributed by atoms with Crippen molar-refractivity contribution in [3.05, 3.63) is 33.8 Å². The molecule has 0 spiro atoms. The monoisotopic (exact) mass is 270 g/mol. The lowest BCUT2D eigenvalue weighted by atomic mass is 9.86. The molecule has 15 heavy (non-hydrogen) atoms. The van der Waals surface area contributed by atoms with Crippen LogP contribution in [0.4, 0.5) is 0 Å². The lowest BCUT2D eigenvalue weighted by Crippen LogP contribution is -2.12. The molecule has 1 N–H and O–H groups in total. The molecular weight excluding hydrogens is 252 g/mol. The third-order valence-corrected chi connectivity index (χ3v) is 3.30. The number of aliphatic hydroxyl groups is 1. The van der Waals surface area contributed by atoms with E-state index in [9.17, 15) is 0 Å². The van der Waals surface area contributed by atoms with E-state index in [1.54, 1.807) is 0 Å². The minimum absolute atomic E-state index is 0.153. The molecule has 0 saturated heterocycles. The fourth-order valence-electron chi connectivity index (χ4n) is 1.55. The molecule has 1 unspecified atom stereocenters. The molecule has 1 nitrogen and oxygen atoms in total. The maximum Gasteiger partial charge on any atom is 0.0497 e. The molecule has 1 aromatic carbocycles. The van der Waals surface area contributed by atoms with E-state index in [0.717, 1.165) is 4.47 Å². The molecule has 0 bridgehead atoms. The number of benzene rings is 1. The zero-order valence-corrected chi connectivity index (χ0v) is 11.4. The van der Waals surface area contributed by atoms with E-state index in [1.165, 1.54) is 11.1 Å². The predicted octanol–water partition coefficient (Wildman–Crippen LogP) is 3.84. The number of aliphatic hydroxyl groups excluding tert-OH is 1. The molecule has 0 aliphatic rings. The van der Waals surface area contributed by atoms with Gasteiger partial charge >= 0.3 is 0 Å². The third kappa shape index (κ3) is 3.05. The molecular formula is C13H19BrO. The summed E-state index contributed by atoms with van der Waals surface area (Å²) in [5, 5.41) is 9.09. The average molecular weight is 271 g/mol. The Kier molecular flexibility index (Phi) is 3.96. The van der Waals surface area contributed by atoms with E-state index in [2.05, 4.69) is 54.9 Å². The van der Waals surface area contributed by atoms with Crippen LogP contribution in [-0.4, -0.2) is 11.7 Å². The standard InChI is InChI=1S/C13H19BrO/c1-9(8-15)10-5-6-11(12(14)7-10)13(2,3)4/h5-7,9,15H,8H2,1-4H3. The molecule has 84 valence electrons. The van der Waals surface area contributed by atoms with Crippen LogP contribution < -0.4 is 0 Å². The first kappa shape index (κ1) is 12.7. The molecule has 1 atom stereocenters. The van der Waals surface area contributed by atoms with Gasteiger partial charge in [0, 0.05) is 17.0 Å². The molecule has 0 fully saturated rings. The van der Waals surface area contributed by atoms with Crippen LogP contribution in [0.25, 0.3) is 0 Å². The normalized spacial score (nSPS) is 14.0. The van der Waals surface area contributed by atoms with Crippen molar-refractivity contribution in [1.29, 1.82) is 0 Å². The highest BCUT2D eigenvalue weighted by molar-refractivity contribution is 9.10. The Bertz CT molecular complexity index is 339. The molecule has 2 heteroatoms. The van der Waals surface area contributed by atoms with Crippen molar-refractivity contribution >= 4 is 15.9 Å². The van der Waals surface area contributed by atoms with Crippen LogP contribution in [0.15, 0.2) is 22.7 Å². The maximum absolute atomic E-state index is 9.09. The molecule has 0 amide bonds. The Labute approximate surface area is 101 Å². The molecule has 1 rings (SSSR count). The molecule has 0 aliphatic heterocycles. The molecule has 0 heterocycles. The van der Waals surface area contributed by atoms with Gasteiger partial charge in [-0.15, -0.1) is 0 Å². The summed E-state index contributed by atoms with van der Waals surface area (Å²) in [6.45, 7) is 8.81. The summed E-state index contributed by atoms with van der Waals surface area (Å²) in [5.41, 5.74) is 2.63. The molecule has 0 radical (unpaired) electrons. The van der Waals surface area contributed by atoms with E-state index in [0.29, 0.717) is 0 Å². The van der Waals surface area contributed by atoms with E-state index >= 15 is 0 Å². The summed E-state index contributed by atoms with van der Waals surface area (Å²) in [6, 6.07) is 6.36. The quantitative estimate of drug-likeness (QED) is 0.866. The van der Waals surface area contributed by atoms with Crippen molar-refractivity contribution in [2.45, 2.75) is 39.0 Å². The average Bonchev–Trinajstić information content (AvgIpc) is 2.14. The second-order valence-electron chi connectivity index (χ2n) is 5.07. The van der Waals surface area contributed by atoms with E-state index in [1.807, 2.05) is 6.92 Å². The summed E-state index contributed by atoms with van der Waals surface area (Å²) >= 11 is 3.60. The van der Waals surface area contributed by atoms with Crippen LogP contribution in [0.1, 0.15) is 44.7 Å². The fraction of sp³-hybridized carbons (Fsp3) is 0.538. The summed E-state index contributed by atoms with van der Waals surface area (Å²) in [4.78, 5) is 0. The van der Waals surface area contributed by atoms with E-state index in [-0.39, 0.29) is 17.9 Å². The Morgan fingerprint density at radius 1 is 1.33 bits per heavy atom. The second-order valence-corrected chi connectivity index (χ2v) is 5.93. The van der Waals surface area contributed by atoms with Crippen molar-refractivity contribution in [2.24, 2.45) is 0 Å². The van der Waals surface area contributed by atoms with Gasteiger partial charge in [0.15, 0.2) is 0 Å². The first-order valence-corrected chi connectivity index (χ1v) is 6.06. The van der Waals surface area contributed by atoms with Crippen LogP contribution in [0.3, 0.4) is 0 Å². The maximum atomic E-state index is 9.09. The SMILES string of the molecule is CC(CO)c1ccc(C(C)(C)C)c(Br)c1. The zero-order chi connectivity index (χ0) is 11.6. The number of hydrogen-bond donors (Lipinski definition) is 1. The topological polar surface area (TPSA) is 20.2 Å². The van der Waals surface area contributed by atoms with Crippen molar-refractivity contribution < 1.29 is 5.11 Å². The number of halogens is 1. The van der Waals surface area contributed by atoms with Crippen LogP contribution in [0.2, 0.25) is 0 Å². The van der Waals surface area contributed by atoms with Crippen molar-refractivity contribution in [2.75, 3.05) is 6.61 Å². The van der Waals surface area contributed by atoms with Gasteiger partial charge in [0.2, 0.25) is 0 Å². The highest BCUT2D eigenvalue weighted by atomic mass is 79.9. The van der Waals surface area contributed by atoms with E-state index in [4.69, 9.17) is 5.11 Å². The molecule has 0 aliphatic carbocycles. The third-order valence-electron chi connectivity index (χ3n) is 2.64. The van der Waals surface area contributed by atoms with Crippen LogP contribution >= 0.6 is 15.9 Å². The Hall–Kier alpha value is -0.340. The largest absolute Gasteiger partial charge is 0.396 e. The molecule has 0 saturated carbocycles. The minimum Gasteiger partial charge on any atom is -0.396 e. The Balaban J connectivity index is 3.09. The van der Waals surface area contributed by atoms with Gasteiger partial charge in [-0.1, -0.05) is 55.8 Å². The van der Waals surface area contributed by atoms with Crippen molar-refractivity contribution in [3.63, 3.8) is 0 Å². The van der Waals surface area contributed by atoms with Crippen LogP contribution in [0.5, 0.6) is 0 Å². The van der Waals surface area contributed by atoms with Gasteiger partial charge in [0.25, 0.3) is 0 Å². The van der Waals surface area contributed by atoms with Gasteiger partial charge < -0.3 is 5.11 Å². The second kappa shape index (κ2) is 4.67. The van der Waals surface area contributed by atoms with Gasteiger partial charge in [0.1, 0.15) is 0 Å². The smallest absolute Gasteiger partial charge is 0.0497 e. The van der Waals surface area contributed by atoms with Crippen LogP contribution in [-0.2, 0) is 5.41 Å². The van der Waals surface area contributed by atoms with Gasteiger partial charge in [-0.25, -0.2) is 0 Å². The Morgan fingerprint density at radius 3 is 2.33 bits per heavy atom. The summed E-state index contributed by atoms with van der Waals surface area (Å²) in [7, 11) is 0. The lowest BCUT2D eigenvalue weighted by Gasteiger charge is -2.22. The van der Waals surface area contributed by atoms with Gasteiger partial charge in [-0.05, 0) is 22.6 Å². The fourth-order valence-corrected chi connectivity index (χ4v) is 2.54. The summed E-state index contributed by atoms with van der Waals surface area (Å²) in [6.07, 6.45) is 0. The molecule has 0 aromatic heterocycles. The van der Waals surface area contributed by atoms with Crippen molar-refractivity contribution in [1.82, 2.24) is 0 Å². The Morgan fingerprint density at radius 2 is 1.93 bits per heavy atom. The van der Waals surface area contributed by atoms with E-state index < -0.39 is 0 Å². The van der Waals surface area contributed by atoms with Gasteiger partial charge in [-0.3, -0.25) is 0 Å². The van der Waals surface area contributed by atoms with Crippen molar-refractivity contribution in [3.8, 4) is 0 Å². The van der Waals surface area contributed by atoms with Crippen LogP contribution in [0, 0.1) is 0 Å². The minimum atomic E-state index is 0.153. The van der Waals surface area contributed by atoms with Gasteiger partial charge in [-0.2, -0.15) is 0 Å². The number of hydrogen-bond acceptors (Lipinski definition) is 1. The highest BCUT2D eigenvalue weighted by Crippen LogP contribution is 2.31. The first-order chi connectivity index (χ1) is 6.86. The first-order valence-electron chi connectivity index (χ1n) is 5.27. The summed E-state index contributed by atoms with van der Waals surface area (Å²) < 4.78 is 1.13.